The number of hydrogen-bond donors (Lipinski definition) is 2. The van der Waals surface area contributed by atoms with Crippen LogP contribution in [0.15, 0.2) is 28.7 Å². The van der Waals surface area contributed by atoms with Gasteiger partial charge in [0.1, 0.15) is 0 Å². The molecule has 0 aliphatic carbocycles. The van der Waals surface area contributed by atoms with Gasteiger partial charge in [-0.2, -0.15) is 0 Å². The van der Waals surface area contributed by atoms with E-state index in [1.54, 1.807) is 0 Å². The van der Waals surface area contributed by atoms with Gasteiger partial charge < -0.3 is 10.4 Å². The molecule has 0 bridgehead atoms. The van der Waals surface area contributed by atoms with Gasteiger partial charge in [0, 0.05) is 11.0 Å². The third-order valence-electron chi connectivity index (χ3n) is 3.37. The first-order valence-corrected chi connectivity index (χ1v) is 7.35. The molecule has 1 saturated heterocycles. The number of nitrogens with one attached hydrogen (secondary N) is 1. The Labute approximate surface area is 138 Å². The summed E-state index contributed by atoms with van der Waals surface area (Å²) in [5, 5.41) is 11.9. The third-order valence-corrected chi connectivity index (χ3v) is 4.06. The third kappa shape index (κ3) is 5.30. The summed E-state index contributed by atoms with van der Waals surface area (Å²) in [5.74, 6) is -1.26. The van der Waals surface area contributed by atoms with Crippen molar-refractivity contribution in [2.45, 2.75) is 12.8 Å². The Bertz CT molecular complexity index is 513. The van der Waals surface area contributed by atoms with E-state index in [1.165, 1.54) is 0 Å². The molecule has 1 heterocycles. The normalized spacial score (nSPS) is 18.6. The molecule has 0 spiro atoms. The van der Waals surface area contributed by atoms with E-state index in [9.17, 15) is 9.59 Å². The van der Waals surface area contributed by atoms with Crippen LogP contribution in [0, 0.1) is 5.92 Å². The van der Waals surface area contributed by atoms with Gasteiger partial charge in [0.05, 0.1) is 18.2 Å². The molecule has 7 heteroatoms. The second-order valence-electron chi connectivity index (χ2n) is 4.94. The number of carboxylic acids is 1. The van der Waals surface area contributed by atoms with E-state index in [1.807, 2.05) is 29.2 Å². The van der Waals surface area contributed by atoms with E-state index < -0.39 is 5.97 Å². The first kappa shape index (κ1) is 17.9. The molecule has 1 aliphatic rings. The van der Waals surface area contributed by atoms with Crippen LogP contribution in [0.1, 0.15) is 12.8 Å². The van der Waals surface area contributed by atoms with E-state index in [-0.39, 0.29) is 30.8 Å². The van der Waals surface area contributed by atoms with Crippen LogP contribution in [0.4, 0.5) is 5.69 Å². The van der Waals surface area contributed by atoms with Crippen LogP contribution in [-0.2, 0) is 9.59 Å². The number of anilines is 1. The average Bonchev–Trinajstić information content (AvgIpc) is 2.41. The molecule has 1 aromatic carbocycles. The molecule has 2 N–H and O–H groups in total. The molecule has 2 rings (SSSR count). The second kappa shape index (κ2) is 8.36. The summed E-state index contributed by atoms with van der Waals surface area (Å²) in [7, 11) is 0. The van der Waals surface area contributed by atoms with Crippen molar-refractivity contribution in [2.24, 2.45) is 5.92 Å². The summed E-state index contributed by atoms with van der Waals surface area (Å²) in [6, 6.07) is 7.40. The van der Waals surface area contributed by atoms with Crippen LogP contribution in [0.25, 0.3) is 0 Å². The van der Waals surface area contributed by atoms with Crippen molar-refractivity contribution in [1.82, 2.24) is 4.90 Å². The van der Waals surface area contributed by atoms with Crippen LogP contribution >= 0.6 is 28.3 Å². The Balaban J connectivity index is 0.00000220. The Morgan fingerprint density at radius 2 is 2.10 bits per heavy atom. The van der Waals surface area contributed by atoms with Crippen molar-refractivity contribution in [3.63, 3.8) is 0 Å². The van der Waals surface area contributed by atoms with Gasteiger partial charge in [-0.3, -0.25) is 14.5 Å². The maximum absolute atomic E-state index is 12.0. The number of carbonyl (C=O) groups is 2. The van der Waals surface area contributed by atoms with Gasteiger partial charge in [-0.25, -0.2) is 0 Å². The number of halogens is 2. The summed E-state index contributed by atoms with van der Waals surface area (Å²) >= 11 is 3.37. The van der Waals surface area contributed by atoms with Crippen LogP contribution in [0.2, 0.25) is 0 Å². The van der Waals surface area contributed by atoms with Gasteiger partial charge in [0.15, 0.2) is 0 Å². The predicted octanol–water partition coefficient (Wildman–Crippen LogP) is 2.61. The van der Waals surface area contributed by atoms with Crippen molar-refractivity contribution < 1.29 is 14.7 Å². The highest BCUT2D eigenvalue weighted by molar-refractivity contribution is 9.10. The van der Waals surface area contributed by atoms with Gasteiger partial charge >= 0.3 is 5.97 Å². The van der Waals surface area contributed by atoms with Crippen LogP contribution in [-0.4, -0.2) is 41.5 Å². The number of nitrogens with zero attached hydrogens (tertiary/aromatic N) is 1. The minimum Gasteiger partial charge on any atom is -0.481 e. The van der Waals surface area contributed by atoms with E-state index in [0.29, 0.717) is 13.0 Å². The van der Waals surface area contributed by atoms with Gasteiger partial charge in [0.25, 0.3) is 0 Å². The predicted molar refractivity (Wildman–Crippen MR) is 86.8 cm³/mol. The van der Waals surface area contributed by atoms with Crippen molar-refractivity contribution in [1.29, 1.82) is 0 Å². The molecule has 21 heavy (non-hydrogen) atoms. The zero-order chi connectivity index (χ0) is 14.5. The fourth-order valence-electron chi connectivity index (χ4n) is 2.36. The topological polar surface area (TPSA) is 69.6 Å². The molecule has 5 nitrogen and oxygen atoms in total. The summed E-state index contributed by atoms with van der Waals surface area (Å²) in [6.07, 6.45) is 1.51. The minimum atomic E-state index is -0.777. The lowest BCUT2D eigenvalue weighted by Gasteiger charge is -2.29. The number of carbonyl (C=O) groups excluding carboxylic acids is 1. The van der Waals surface area contributed by atoms with Crippen molar-refractivity contribution >= 4 is 45.9 Å². The highest BCUT2D eigenvalue weighted by atomic mass is 79.9. The van der Waals surface area contributed by atoms with Crippen LogP contribution < -0.4 is 5.32 Å². The number of carboxylic acid groups (broad SMARTS) is 1. The Morgan fingerprint density at radius 3 is 2.76 bits per heavy atom. The summed E-state index contributed by atoms with van der Waals surface area (Å²) < 4.78 is 0.829. The summed E-state index contributed by atoms with van der Waals surface area (Å²) in [6.45, 7) is 1.44. The number of rotatable bonds is 4. The van der Waals surface area contributed by atoms with E-state index >= 15 is 0 Å². The molecule has 1 aromatic rings. The molecule has 1 amide bonds. The fraction of sp³-hybridized carbons (Fsp3) is 0.429. The highest BCUT2D eigenvalue weighted by Gasteiger charge is 2.26. The van der Waals surface area contributed by atoms with Crippen LogP contribution in [0.3, 0.4) is 0 Å². The van der Waals surface area contributed by atoms with Gasteiger partial charge in [0.2, 0.25) is 5.91 Å². The van der Waals surface area contributed by atoms with Crippen LogP contribution in [0.5, 0.6) is 0 Å². The molecule has 1 aliphatic heterocycles. The molecule has 1 fully saturated rings. The maximum Gasteiger partial charge on any atom is 0.307 e. The standard InChI is InChI=1S/C14H17BrN2O3.ClH/c15-11-5-1-2-6-12(11)16-13(18)9-17-7-3-4-10(8-17)14(19)20;/h1-2,5-6,10H,3-4,7-9H2,(H,16,18)(H,19,20);1H. The molecule has 0 aromatic heterocycles. The minimum absolute atomic E-state index is 0. The number of piperidine rings is 1. The number of likely N-dealkylation sites (tertiary alicyclic amines) is 1. The van der Waals surface area contributed by atoms with Gasteiger partial charge in [-0.15, -0.1) is 12.4 Å². The smallest absolute Gasteiger partial charge is 0.307 e. The zero-order valence-electron chi connectivity index (χ0n) is 11.4. The molecule has 1 unspecified atom stereocenters. The lowest BCUT2D eigenvalue weighted by Crippen LogP contribution is -2.42. The molecular weight excluding hydrogens is 360 g/mol. The van der Waals surface area contributed by atoms with E-state index in [4.69, 9.17) is 5.11 Å². The molecular formula is C14H18BrClN2O3. The lowest BCUT2D eigenvalue weighted by molar-refractivity contribution is -0.144. The van der Waals surface area contributed by atoms with E-state index in [2.05, 4.69) is 21.2 Å². The average molecular weight is 378 g/mol. The number of hydrogen-bond acceptors (Lipinski definition) is 3. The first-order valence-electron chi connectivity index (χ1n) is 6.56. The molecule has 0 saturated carbocycles. The van der Waals surface area contributed by atoms with Crippen molar-refractivity contribution in [3.05, 3.63) is 28.7 Å². The summed E-state index contributed by atoms with van der Waals surface area (Å²) in [5.41, 5.74) is 0.726. The SMILES string of the molecule is Cl.O=C(CN1CCCC(C(=O)O)C1)Nc1ccccc1Br. The Hall–Kier alpha value is -1.11. The Morgan fingerprint density at radius 1 is 1.38 bits per heavy atom. The van der Waals surface area contributed by atoms with E-state index in [0.717, 1.165) is 23.1 Å². The molecule has 1 atom stereocenters. The quantitative estimate of drug-likeness (QED) is 0.846. The van der Waals surface area contributed by atoms with Gasteiger partial charge in [-0.1, -0.05) is 12.1 Å². The second-order valence-corrected chi connectivity index (χ2v) is 5.79. The largest absolute Gasteiger partial charge is 0.481 e. The first-order chi connectivity index (χ1) is 9.56. The summed E-state index contributed by atoms with van der Waals surface area (Å²) in [4.78, 5) is 24.9. The van der Waals surface area contributed by atoms with Crippen molar-refractivity contribution in [3.8, 4) is 0 Å². The fourth-order valence-corrected chi connectivity index (χ4v) is 2.74. The monoisotopic (exact) mass is 376 g/mol. The van der Waals surface area contributed by atoms with Crippen molar-refractivity contribution in [2.75, 3.05) is 25.0 Å². The number of para-hydroxylation sites is 1. The number of benzene rings is 1. The maximum atomic E-state index is 12.0. The number of aliphatic carboxylic acids is 1. The Kier molecular flexibility index (Phi) is 7.14. The number of amides is 1. The van der Waals surface area contributed by atoms with Gasteiger partial charge in [-0.05, 0) is 47.4 Å². The zero-order valence-corrected chi connectivity index (χ0v) is 13.8. The lowest BCUT2D eigenvalue weighted by atomic mass is 9.98. The molecule has 116 valence electrons. The molecule has 0 radical (unpaired) electrons. The highest BCUT2D eigenvalue weighted by Crippen LogP contribution is 2.21.